The number of hydrogen-bond donors (Lipinski definition) is 1. The molecule has 132 valence electrons. The van der Waals surface area contributed by atoms with E-state index in [-0.39, 0.29) is 11.8 Å². The van der Waals surface area contributed by atoms with E-state index in [9.17, 15) is 9.59 Å². The first kappa shape index (κ1) is 17.2. The van der Waals surface area contributed by atoms with E-state index >= 15 is 0 Å². The molecule has 24 heavy (non-hydrogen) atoms. The number of amides is 2. The molecule has 0 aromatic carbocycles. The Labute approximate surface area is 146 Å². The normalized spacial score (nSPS) is 20.1. The first-order chi connectivity index (χ1) is 11.6. The fourth-order valence-corrected chi connectivity index (χ4v) is 4.67. The summed E-state index contributed by atoms with van der Waals surface area (Å²) in [7, 11) is 1.89. The van der Waals surface area contributed by atoms with Crippen molar-refractivity contribution < 1.29 is 14.7 Å². The number of thiazole rings is 1. The van der Waals surface area contributed by atoms with Gasteiger partial charge in [-0.3, -0.25) is 4.79 Å². The standard InChI is InChI=1S/C17H25N3O3S/c1-19(13-5-3-2-4-6-13)16(21)14-11-24-15(18-14)12-7-9-20(10-8-12)17(22)23/h11-13H,2-10H2,1H3,(H,22,23). The highest BCUT2D eigenvalue weighted by Gasteiger charge is 2.28. The molecule has 1 N–H and O–H groups in total. The van der Waals surface area contributed by atoms with Gasteiger partial charge < -0.3 is 14.9 Å². The molecule has 2 amide bonds. The van der Waals surface area contributed by atoms with Crippen LogP contribution in [-0.2, 0) is 0 Å². The molecule has 1 saturated carbocycles. The molecule has 1 aromatic rings. The van der Waals surface area contributed by atoms with Gasteiger partial charge in [-0.2, -0.15) is 0 Å². The van der Waals surface area contributed by atoms with Gasteiger partial charge in [0.2, 0.25) is 0 Å². The van der Waals surface area contributed by atoms with E-state index in [4.69, 9.17) is 5.11 Å². The van der Waals surface area contributed by atoms with Crippen molar-refractivity contribution in [3.8, 4) is 0 Å². The van der Waals surface area contributed by atoms with Gasteiger partial charge in [-0.25, -0.2) is 9.78 Å². The van der Waals surface area contributed by atoms with E-state index in [1.54, 1.807) is 0 Å². The maximum atomic E-state index is 12.7. The third-order valence-corrected chi connectivity index (χ3v) is 6.31. The van der Waals surface area contributed by atoms with Crippen LogP contribution in [0.25, 0.3) is 0 Å². The van der Waals surface area contributed by atoms with E-state index in [0.29, 0.717) is 24.8 Å². The number of carboxylic acid groups (broad SMARTS) is 1. The zero-order chi connectivity index (χ0) is 17.1. The van der Waals surface area contributed by atoms with Crippen molar-refractivity contribution >= 4 is 23.3 Å². The quantitative estimate of drug-likeness (QED) is 0.906. The molecule has 1 aliphatic heterocycles. The van der Waals surface area contributed by atoms with Gasteiger partial charge in [0.1, 0.15) is 5.69 Å². The largest absolute Gasteiger partial charge is 0.465 e. The Morgan fingerprint density at radius 1 is 1.21 bits per heavy atom. The molecule has 1 aromatic heterocycles. The molecular formula is C17H25N3O3S. The summed E-state index contributed by atoms with van der Waals surface area (Å²) >= 11 is 1.53. The van der Waals surface area contributed by atoms with E-state index < -0.39 is 6.09 Å². The van der Waals surface area contributed by atoms with Crippen molar-refractivity contribution in [3.05, 3.63) is 16.1 Å². The summed E-state index contributed by atoms with van der Waals surface area (Å²) in [4.78, 5) is 31.5. The summed E-state index contributed by atoms with van der Waals surface area (Å²) < 4.78 is 0. The molecule has 7 heteroatoms. The van der Waals surface area contributed by atoms with Crippen LogP contribution in [0.1, 0.15) is 66.4 Å². The van der Waals surface area contributed by atoms with Crippen molar-refractivity contribution in [1.82, 2.24) is 14.8 Å². The fraction of sp³-hybridized carbons (Fsp3) is 0.706. The maximum absolute atomic E-state index is 12.7. The second kappa shape index (κ2) is 7.51. The number of likely N-dealkylation sites (tertiary alicyclic amines) is 1. The van der Waals surface area contributed by atoms with Gasteiger partial charge in [-0.15, -0.1) is 11.3 Å². The summed E-state index contributed by atoms with van der Waals surface area (Å²) in [6.07, 6.45) is 6.57. The molecule has 2 aliphatic rings. The van der Waals surface area contributed by atoms with Crippen molar-refractivity contribution in [3.63, 3.8) is 0 Å². The molecule has 2 heterocycles. The summed E-state index contributed by atoms with van der Waals surface area (Å²) in [5.74, 6) is 0.291. The summed E-state index contributed by atoms with van der Waals surface area (Å²) in [6, 6.07) is 0.343. The average Bonchev–Trinajstić information content (AvgIpc) is 3.11. The highest BCUT2D eigenvalue weighted by atomic mass is 32.1. The van der Waals surface area contributed by atoms with Crippen molar-refractivity contribution in [2.75, 3.05) is 20.1 Å². The van der Waals surface area contributed by atoms with Gasteiger partial charge in [0.15, 0.2) is 0 Å². The zero-order valence-electron chi connectivity index (χ0n) is 14.1. The molecule has 0 atom stereocenters. The lowest BCUT2D eigenvalue weighted by Gasteiger charge is -2.30. The highest BCUT2D eigenvalue weighted by molar-refractivity contribution is 7.09. The Hall–Kier alpha value is -1.63. The minimum atomic E-state index is -0.849. The molecule has 1 aliphatic carbocycles. The first-order valence-corrected chi connectivity index (χ1v) is 9.64. The molecule has 3 rings (SSSR count). The van der Waals surface area contributed by atoms with E-state index in [1.807, 2.05) is 17.3 Å². The molecule has 1 saturated heterocycles. The van der Waals surface area contributed by atoms with Crippen LogP contribution in [0.4, 0.5) is 4.79 Å². The van der Waals surface area contributed by atoms with Crippen LogP contribution in [0.3, 0.4) is 0 Å². The van der Waals surface area contributed by atoms with Gasteiger partial charge >= 0.3 is 6.09 Å². The molecule has 0 radical (unpaired) electrons. The number of aromatic nitrogens is 1. The number of hydrogen-bond acceptors (Lipinski definition) is 4. The van der Waals surface area contributed by atoms with Gasteiger partial charge in [-0.05, 0) is 25.7 Å². The van der Waals surface area contributed by atoms with Crippen LogP contribution < -0.4 is 0 Å². The number of carbonyl (C=O) groups is 2. The average molecular weight is 351 g/mol. The predicted octanol–water partition coefficient (Wildman–Crippen LogP) is 3.41. The Bertz CT molecular complexity index is 590. The molecule has 6 nitrogen and oxygen atoms in total. The predicted molar refractivity (Wildman–Crippen MR) is 92.7 cm³/mol. The Morgan fingerprint density at radius 2 is 1.88 bits per heavy atom. The van der Waals surface area contributed by atoms with Gasteiger partial charge in [0.05, 0.1) is 5.01 Å². The van der Waals surface area contributed by atoms with Crippen molar-refractivity contribution in [2.45, 2.75) is 56.9 Å². The Morgan fingerprint density at radius 3 is 2.50 bits per heavy atom. The Kier molecular flexibility index (Phi) is 5.38. The molecule has 2 fully saturated rings. The van der Waals surface area contributed by atoms with E-state index in [2.05, 4.69) is 4.98 Å². The van der Waals surface area contributed by atoms with Crippen LogP contribution in [0.15, 0.2) is 5.38 Å². The third-order valence-electron chi connectivity index (χ3n) is 5.30. The molecule has 0 unspecified atom stereocenters. The zero-order valence-corrected chi connectivity index (χ0v) is 14.9. The van der Waals surface area contributed by atoms with Crippen LogP contribution >= 0.6 is 11.3 Å². The van der Waals surface area contributed by atoms with Crippen LogP contribution in [-0.4, -0.2) is 58.1 Å². The minimum absolute atomic E-state index is 0.0207. The second-order valence-corrected chi connectivity index (χ2v) is 7.71. The first-order valence-electron chi connectivity index (χ1n) is 8.76. The molecule has 0 spiro atoms. The lowest BCUT2D eigenvalue weighted by Crippen LogP contribution is -2.38. The Balaban J connectivity index is 1.60. The van der Waals surface area contributed by atoms with Crippen LogP contribution in [0.2, 0.25) is 0 Å². The third kappa shape index (κ3) is 3.71. The van der Waals surface area contributed by atoms with E-state index in [1.165, 1.54) is 35.5 Å². The summed E-state index contributed by atoms with van der Waals surface area (Å²) in [5.41, 5.74) is 0.545. The van der Waals surface area contributed by atoms with Crippen molar-refractivity contribution in [2.24, 2.45) is 0 Å². The smallest absolute Gasteiger partial charge is 0.407 e. The topological polar surface area (TPSA) is 73.7 Å². The summed E-state index contributed by atoms with van der Waals surface area (Å²) in [5, 5.41) is 11.9. The lowest BCUT2D eigenvalue weighted by atomic mass is 9.94. The number of rotatable bonds is 3. The van der Waals surface area contributed by atoms with Crippen LogP contribution in [0.5, 0.6) is 0 Å². The fourth-order valence-electron chi connectivity index (χ4n) is 3.71. The molecular weight excluding hydrogens is 326 g/mol. The number of piperidine rings is 1. The van der Waals surface area contributed by atoms with Gasteiger partial charge in [0, 0.05) is 37.5 Å². The maximum Gasteiger partial charge on any atom is 0.407 e. The van der Waals surface area contributed by atoms with Crippen molar-refractivity contribution in [1.29, 1.82) is 0 Å². The number of nitrogens with zero attached hydrogens (tertiary/aromatic N) is 3. The monoisotopic (exact) mass is 351 g/mol. The molecule has 0 bridgehead atoms. The highest BCUT2D eigenvalue weighted by Crippen LogP contribution is 2.31. The van der Waals surface area contributed by atoms with Gasteiger partial charge in [-0.1, -0.05) is 19.3 Å². The minimum Gasteiger partial charge on any atom is -0.465 e. The van der Waals surface area contributed by atoms with Crippen LogP contribution in [0, 0.1) is 0 Å². The number of carbonyl (C=O) groups excluding carboxylic acids is 1. The van der Waals surface area contributed by atoms with Gasteiger partial charge in [0.25, 0.3) is 5.91 Å². The second-order valence-electron chi connectivity index (χ2n) is 6.82. The lowest BCUT2D eigenvalue weighted by molar-refractivity contribution is 0.0691. The summed E-state index contributed by atoms with van der Waals surface area (Å²) in [6.45, 7) is 1.09. The SMILES string of the molecule is CN(C(=O)c1csc(C2CCN(C(=O)O)CC2)n1)C1CCCCC1. The van der Waals surface area contributed by atoms with E-state index in [0.717, 1.165) is 30.7 Å².